The summed E-state index contributed by atoms with van der Waals surface area (Å²) in [4.78, 5) is 16.0. The van der Waals surface area contributed by atoms with Gasteiger partial charge < -0.3 is 9.30 Å². The number of aryl methyl sites for hydroxylation is 1. The van der Waals surface area contributed by atoms with Crippen molar-refractivity contribution in [2.75, 3.05) is 7.11 Å². The van der Waals surface area contributed by atoms with Crippen molar-refractivity contribution in [1.82, 2.24) is 9.55 Å². The van der Waals surface area contributed by atoms with Gasteiger partial charge in [-0.2, -0.15) is 0 Å². The number of ketones is 1. The largest absolute Gasteiger partial charge is 0.378 e. The van der Waals surface area contributed by atoms with Gasteiger partial charge in [0.05, 0.1) is 12.0 Å². The fourth-order valence-corrected chi connectivity index (χ4v) is 1.58. The van der Waals surface area contributed by atoms with Crippen LogP contribution in [0.15, 0.2) is 12.4 Å². The molecule has 0 unspecified atom stereocenters. The van der Waals surface area contributed by atoms with Crippen LogP contribution >= 0.6 is 0 Å². The monoisotopic (exact) mass is 224 g/mol. The molecule has 0 amide bonds. The molecule has 0 bridgehead atoms. The normalized spacial score (nSPS) is 11.8. The molecule has 0 aliphatic heterocycles. The third-order valence-electron chi connectivity index (χ3n) is 2.67. The Labute approximate surface area is 96.6 Å². The number of methoxy groups -OCH3 is 1. The number of Topliss-reactive ketones (excluding diaryl/α,β-unsaturated/α-hetero) is 1. The molecular formula is C12H20N2O2. The molecule has 4 nitrogen and oxygen atoms in total. The number of ether oxygens (including phenoxy) is 1. The Morgan fingerprint density at radius 3 is 2.81 bits per heavy atom. The number of carbonyl (C=O) groups excluding carboxylic acids is 1. The molecule has 0 fully saturated rings. The predicted molar refractivity (Wildman–Crippen MR) is 62.3 cm³/mol. The SMILES string of the molecule is CCn1ccnc1CC(=O)CC(C)(C)OC. The van der Waals surface area contributed by atoms with E-state index in [0.717, 1.165) is 12.4 Å². The summed E-state index contributed by atoms with van der Waals surface area (Å²) in [6.07, 6.45) is 4.42. The highest BCUT2D eigenvalue weighted by Crippen LogP contribution is 2.14. The van der Waals surface area contributed by atoms with E-state index in [2.05, 4.69) is 4.98 Å². The molecule has 0 saturated carbocycles. The maximum absolute atomic E-state index is 11.8. The minimum atomic E-state index is -0.388. The number of rotatable bonds is 6. The van der Waals surface area contributed by atoms with E-state index in [-0.39, 0.29) is 11.4 Å². The standard InChI is InChI=1S/C12H20N2O2/c1-5-14-7-6-13-11(14)8-10(15)9-12(2,3)16-4/h6-7H,5,8-9H2,1-4H3. The molecule has 0 spiro atoms. The van der Waals surface area contributed by atoms with Crippen molar-refractivity contribution in [3.05, 3.63) is 18.2 Å². The highest BCUT2D eigenvalue weighted by atomic mass is 16.5. The molecule has 0 aliphatic carbocycles. The summed E-state index contributed by atoms with van der Waals surface area (Å²) >= 11 is 0. The van der Waals surface area contributed by atoms with Gasteiger partial charge in [0.1, 0.15) is 11.6 Å². The lowest BCUT2D eigenvalue weighted by Gasteiger charge is -2.21. The van der Waals surface area contributed by atoms with E-state index in [9.17, 15) is 4.79 Å². The van der Waals surface area contributed by atoms with Crippen molar-refractivity contribution in [2.45, 2.75) is 45.8 Å². The Balaban J connectivity index is 2.58. The summed E-state index contributed by atoms with van der Waals surface area (Å²) in [6, 6.07) is 0. The first-order chi connectivity index (χ1) is 7.48. The first kappa shape index (κ1) is 12.9. The highest BCUT2D eigenvalue weighted by Gasteiger charge is 2.21. The zero-order valence-electron chi connectivity index (χ0n) is 10.5. The number of hydrogen-bond acceptors (Lipinski definition) is 3. The molecular weight excluding hydrogens is 204 g/mol. The molecule has 1 aromatic heterocycles. The van der Waals surface area contributed by atoms with E-state index < -0.39 is 0 Å². The lowest BCUT2D eigenvalue weighted by atomic mass is 10.00. The van der Waals surface area contributed by atoms with Crippen LogP contribution in [0, 0.1) is 0 Å². The third kappa shape index (κ3) is 3.45. The van der Waals surface area contributed by atoms with Crippen molar-refractivity contribution < 1.29 is 9.53 Å². The van der Waals surface area contributed by atoms with Crippen LogP contribution in [0.4, 0.5) is 0 Å². The van der Waals surface area contributed by atoms with Gasteiger partial charge in [-0.3, -0.25) is 4.79 Å². The van der Waals surface area contributed by atoms with Gasteiger partial charge in [-0.1, -0.05) is 0 Å². The predicted octanol–water partition coefficient (Wildman–Crippen LogP) is 1.83. The molecule has 0 atom stereocenters. The lowest BCUT2D eigenvalue weighted by molar-refractivity contribution is -0.123. The van der Waals surface area contributed by atoms with Gasteiger partial charge in [0.2, 0.25) is 0 Å². The second kappa shape index (κ2) is 5.25. The first-order valence-electron chi connectivity index (χ1n) is 5.55. The summed E-state index contributed by atoms with van der Waals surface area (Å²) in [5.74, 6) is 0.993. The van der Waals surface area contributed by atoms with Crippen LogP contribution in [-0.2, 0) is 22.5 Å². The average Bonchev–Trinajstić information content (AvgIpc) is 2.64. The summed E-state index contributed by atoms with van der Waals surface area (Å²) < 4.78 is 7.22. The van der Waals surface area contributed by atoms with Crippen molar-refractivity contribution in [2.24, 2.45) is 0 Å². The summed E-state index contributed by atoms with van der Waals surface area (Å²) in [5.41, 5.74) is -0.388. The van der Waals surface area contributed by atoms with Crippen molar-refractivity contribution in [1.29, 1.82) is 0 Å². The smallest absolute Gasteiger partial charge is 0.143 e. The molecule has 0 saturated heterocycles. The number of carbonyl (C=O) groups is 1. The Hall–Kier alpha value is -1.16. The fraction of sp³-hybridized carbons (Fsp3) is 0.667. The summed E-state index contributed by atoms with van der Waals surface area (Å²) in [7, 11) is 1.63. The first-order valence-corrected chi connectivity index (χ1v) is 5.55. The second-order valence-corrected chi connectivity index (χ2v) is 4.49. The van der Waals surface area contributed by atoms with Gasteiger partial charge in [0.25, 0.3) is 0 Å². The van der Waals surface area contributed by atoms with E-state index in [1.807, 2.05) is 31.5 Å². The Morgan fingerprint density at radius 2 is 2.25 bits per heavy atom. The Kier molecular flexibility index (Phi) is 4.24. The van der Waals surface area contributed by atoms with Gasteiger partial charge in [-0.15, -0.1) is 0 Å². The van der Waals surface area contributed by atoms with Crippen molar-refractivity contribution >= 4 is 5.78 Å². The van der Waals surface area contributed by atoms with E-state index in [1.54, 1.807) is 13.3 Å². The molecule has 1 heterocycles. The van der Waals surface area contributed by atoms with Crippen LogP contribution in [0.3, 0.4) is 0 Å². The average molecular weight is 224 g/mol. The van der Waals surface area contributed by atoms with Crippen LogP contribution in [0.5, 0.6) is 0 Å². The molecule has 0 radical (unpaired) electrons. The fourth-order valence-electron chi connectivity index (χ4n) is 1.58. The summed E-state index contributed by atoms with van der Waals surface area (Å²) in [6.45, 7) is 6.71. The second-order valence-electron chi connectivity index (χ2n) is 4.49. The molecule has 4 heteroatoms. The minimum absolute atomic E-state index is 0.160. The zero-order chi connectivity index (χ0) is 12.2. The minimum Gasteiger partial charge on any atom is -0.378 e. The van der Waals surface area contributed by atoms with Crippen LogP contribution in [0.1, 0.15) is 33.0 Å². The van der Waals surface area contributed by atoms with Gasteiger partial charge >= 0.3 is 0 Å². The maximum Gasteiger partial charge on any atom is 0.143 e. The number of imidazole rings is 1. The lowest BCUT2D eigenvalue weighted by Crippen LogP contribution is -2.27. The van der Waals surface area contributed by atoms with Crippen LogP contribution in [0.25, 0.3) is 0 Å². The van der Waals surface area contributed by atoms with Gasteiger partial charge in [0.15, 0.2) is 0 Å². The maximum atomic E-state index is 11.8. The van der Waals surface area contributed by atoms with Gasteiger partial charge in [0, 0.05) is 32.5 Å². The Morgan fingerprint density at radius 1 is 1.56 bits per heavy atom. The van der Waals surface area contributed by atoms with Gasteiger partial charge in [-0.25, -0.2) is 4.98 Å². The third-order valence-corrected chi connectivity index (χ3v) is 2.67. The molecule has 0 aliphatic rings. The van der Waals surface area contributed by atoms with E-state index >= 15 is 0 Å². The quantitative estimate of drug-likeness (QED) is 0.740. The highest BCUT2D eigenvalue weighted by molar-refractivity contribution is 5.81. The molecule has 1 aromatic rings. The number of nitrogens with zero attached hydrogens (tertiary/aromatic N) is 2. The van der Waals surface area contributed by atoms with Crippen molar-refractivity contribution in [3.63, 3.8) is 0 Å². The molecule has 0 N–H and O–H groups in total. The Bertz CT molecular complexity index is 356. The summed E-state index contributed by atoms with van der Waals surface area (Å²) in [5, 5.41) is 0. The topological polar surface area (TPSA) is 44.1 Å². The number of aromatic nitrogens is 2. The number of hydrogen-bond donors (Lipinski definition) is 0. The molecule has 90 valence electrons. The van der Waals surface area contributed by atoms with Crippen LogP contribution in [-0.4, -0.2) is 28.0 Å². The zero-order valence-corrected chi connectivity index (χ0v) is 10.5. The van der Waals surface area contributed by atoms with E-state index in [1.165, 1.54) is 0 Å². The van der Waals surface area contributed by atoms with E-state index in [0.29, 0.717) is 12.8 Å². The molecule has 1 rings (SSSR count). The molecule has 0 aromatic carbocycles. The van der Waals surface area contributed by atoms with Crippen LogP contribution < -0.4 is 0 Å². The van der Waals surface area contributed by atoms with Crippen molar-refractivity contribution in [3.8, 4) is 0 Å². The molecule has 16 heavy (non-hydrogen) atoms. The van der Waals surface area contributed by atoms with Crippen LogP contribution in [0.2, 0.25) is 0 Å². The van der Waals surface area contributed by atoms with E-state index in [4.69, 9.17) is 4.74 Å². The van der Waals surface area contributed by atoms with Gasteiger partial charge in [-0.05, 0) is 20.8 Å².